The normalized spacial score (nSPS) is 18.9. The third-order valence-corrected chi connectivity index (χ3v) is 3.74. The molecule has 1 aliphatic heterocycles. The molecule has 0 spiro atoms. The summed E-state index contributed by atoms with van der Waals surface area (Å²) in [5.41, 5.74) is 2.23. The van der Waals surface area contributed by atoms with E-state index >= 15 is 0 Å². The maximum Gasteiger partial charge on any atom is 0.234 e. The number of benzene rings is 1. The molecule has 1 atom stereocenters. The minimum atomic E-state index is -0.198. The summed E-state index contributed by atoms with van der Waals surface area (Å²) < 4.78 is 0. The topological polar surface area (TPSA) is 66.4 Å². The number of piperidine rings is 1. The molecule has 20 heavy (non-hydrogen) atoms. The quantitative estimate of drug-likeness (QED) is 0.615. The van der Waals surface area contributed by atoms with Gasteiger partial charge in [-0.15, -0.1) is 0 Å². The number of aliphatic hydroxyl groups is 1. The van der Waals surface area contributed by atoms with Crippen molar-refractivity contribution in [2.75, 3.05) is 6.61 Å². The zero-order chi connectivity index (χ0) is 14.4. The van der Waals surface area contributed by atoms with Crippen LogP contribution in [0.2, 0.25) is 0 Å². The molecule has 0 saturated carbocycles. The highest BCUT2D eigenvalue weighted by molar-refractivity contribution is 6.00. The number of aliphatic hydroxyl groups excluding tert-OH is 1. The largest absolute Gasteiger partial charge is 0.396 e. The molecule has 0 radical (unpaired) electrons. The van der Waals surface area contributed by atoms with Crippen LogP contribution in [-0.2, 0) is 16.0 Å². The third-order valence-electron chi connectivity index (χ3n) is 3.74. The molecule has 1 aromatic rings. The fraction of sp³-hybridized carbons (Fsp3) is 0.500. The van der Waals surface area contributed by atoms with Gasteiger partial charge in [0, 0.05) is 13.0 Å². The predicted octanol–water partition coefficient (Wildman–Crippen LogP) is 1.91. The first-order valence-electron chi connectivity index (χ1n) is 7.24. The highest BCUT2D eigenvalue weighted by atomic mass is 16.3. The Balaban J connectivity index is 1.91. The smallest absolute Gasteiger partial charge is 0.234 e. The SMILES string of the molecule is O=C1CCC(c2ccc(CCCCCO)cc2)C(=O)N1. The van der Waals surface area contributed by atoms with Gasteiger partial charge in [-0.05, 0) is 36.8 Å². The summed E-state index contributed by atoms with van der Waals surface area (Å²) in [7, 11) is 0. The molecule has 2 rings (SSSR count). The molecule has 4 heteroatoms. The average Bonchev–Trinajstić information content (AvgIpc) is 2.45. The van der Waals surface area contributed by atoms with Crippen molar-refractivity contribution in [3.63, 3.8) is 0 Å². The van der Waals surface area contributed by atoms with Gasteiger partial charge in [-0.25, -0.2) is 0 Å². The molecule has 1 saturated heterocycles. The molecule has 1 heterocycles. The lowest BCUT2D eigenvalue weighted by atomic mass is 9.90. The van der Waals surface area contributed by atoms with E-state index in [2.05, 4.69) is 17.4 Å². The average molecular weight is 275 g/mol. The van der Waals surface area contributed by atoms with Gasteiger partial charge in [-0.1, -0.05) is 30.7 Å². The van der Waals surface area contributed by atoms with Crippen LogP contribution in [0.15, 0.2) is 24.3 Å². The van der Waals surface area contributed by atoms with Crippen LogP contribution in [0.5, 0.6) is 0 Å². The number of imide groups is 1. The molecular weight excluding hydrogens is 254 g/mol. The number of rotatable bonds is 6. The molecule has 1 fully saturated rings. The summed E-state index contributed by atoms with van der Waals surface area (Å²) in [6.45, 7) is 0.258. The highest BCUT2D eigenvalue weighted by Gasteiger charge is 2.27. The number of aryl methyl sites for hydroxylation is 1. The van der Waals surface area contributed by atoms with Gasteiger partial charge >= 0.3 is 0 Å². The molecule has 4 nitrogen and oxygen atoms in total. The van der Waals surface area contributed by atoms with Crippen molar-refractivity contribution in [1.82, 2.24) is 5.32 Å². The Morgan fingerprint density at radius 2 is 1.85 bits per heavy atom. The summed E-state index contributed by atoms with van der Waals surface area (Å²) in [6, 6.07) is 8.08. The molecule has 2 N–H and O–H groups in total. The van der Waals surface area contributed by atoms with E-state index in [1.54, 1.807) is 0 Å². The van der Waals surface area contributed by atoms with Crippen LogP contribution in [-0.4, -0.2) is 23.5 Å². The van der Waals surface area contributed by atoms with Gasteiger partial charge in [-0.3, -0.25) is 14.9 Å². The lowest BCUT2D eigenvalue weighted by Crippen LogP contribution is -2.39. The first kappa shape index (κ1) is 14.7. The van der Waals surface area contributed by atoms with Crippen LogP contribution in [0.4, 0.5) is 0 Å². The second-order valence-electron chi connectivity index (χ2n) is 5.28. The molecule has 0 bridgehead atoms. The zero-order valence-electron chi connectivity index (χ0n) is 11.6. The van der Waals surface area contributed by atoms with Crippen LogP contribution < -0.4 is 5.32 Å². The maximum atomic E-state index is 11.8. The second kappa shape index (κ2) is 7.20. The van der Waals surface area contributed by atoms with Gasteiger partial charge in [-0.2, -0.15) is 0 Å². The summed E-state index contributed by atoms with van der Waals surface area (Å²) in [6.07, 6.45) is 4.97. The van der Waals surface area contributed by atoms with Crippen molar-refractivity contribution < 1.29 is 14.7 Å². The minimum Gasteiger partial charge on any atom is -0.396 e. The third kappa shape index (κ3) is 3.90. The van der Waals surface area contributed by atoms with Crippen molar-refractivity contribution in [3.8, 4) is 0 Å². The monoisotopic (exact) mass is 275 g/mol. The molecule has 1 unspecified atom stereocenters. The summed E-state index contributed by atoms with van der Waals surface area (Å²) in [5, 5.41) is 11.1. The van der Waals surface area contributed by atoms with E-state index < -0.39 is 0 Å². The fourth-order valence-electron chi connectivity index (χ4n) is 2.55. The molecule has 1 aliphatic rings. The lowest BCUT2D eigenvalue weighted by Gasteiger charge is -2.21. The van der Waals surface area contributed by atoms with E-state index in [1.807, 2.05) is 12.1 Å². The number of hydrogen-bond donors (Lipinski definition) is 2. The van der Waals surface area contributed by atoms with E-state index in [4.69, 9.17) is 5.11 Å². The number of carbonyl (C=O) groups is 2. The lowest BCUT2D eigenvalue weighted by molar-refractivity contribution is -0.134. The number of carbonyl (C=O) groups excluding carboxylic acids is 2. The van der Waals surface area contributed by atoms with Gasteiger partial charge in [0.25, 0.3) is 0 Å². The highest BCUT2D eigenvalue weighted by Crippen LogP contribution is 2.25. The first-order chi connectivity index (χ1) is 9.70. The zero-order valence-corrected chi connectivity index (χ0v) is 11.6. The Hall–Kier alpha value is -1.68. The van der Waals surface area contributed by atoms with Crippen LogP contribution in [0, 0.1) is 0 Å². The Kier molecular flexibility index (Phi) is 5.30. The van der Waals surface area contributed by atoms with E-state index in [-0.39, 0.29) is 24.3 Å². The fourth-order valence-corrected chi connectivity index (χ4v) is 2.55. The molecule has 108 valence electrons. The van der Waals surface area contributed by atoms with Crippen LogP contribution in [0.25, 0.3) is 0 Å². The maximum absolute atomic E-state index is 11.8. The Morgan fingerprint density at radius 1 is 1.10 bits per heavy atom. The molecule has 1 aromatic carbocycles. The number of amides is 2. The number of nitrogens with one attached hydrogen (secondary N) is 1. The van der Waals surface area contributed by atoms with E-state index in [0.717, 1.165) is 31.2 Å². The van der Waals surface area contributed by atoms with Crippen molar-refractivity contribution in [1.29, 1.82) is 0 Å². The van der Waals surface area contributed by atoms with Crippen LogP contribution in [0.1, 0.15) is 49.1 Å². The van der Waals surface area contributed by atoms with Gasteiger partial charge in [0.1, 0.15) is 0 Å². The number of unbranched alkanes of at least 4 members (excludes halogenated alkanes) is 2. The Morgan fingerprint density at radius 3 is 2.50 bits per heavy atom. The van der Waals surface area contributed by atoms with E-state index in [9.17, 15) is 9.59 Å². The first-order valence-corrected chi connectivity index (χ1v) is 7.24. The van der Waals surface area contributed by atoms with Gasteiger partial charge in [0.15, 0.2) is 0 Å². The van der Waals surface area contributed by atoms with Crippen LogP contribution in [0.3, 0.4) is 0 Å². The molecular formula is C16H21NO3. The van der Waals surface area contributed by atoms with Crippen LogP contribution >= 0.6 is 0 Å². The minimum absolute atomic E-state index is 0.174. The van der Waals surface area contributed by atoms with Gasteiger partial charge < -0.3 is 5.11 Å². The Labute approximate surface area is 119 Å². The Bertz CT molecular complexity index is 467. The summed E-state index contributed by atoms with van der Waals surface area (Å²) in [5.74, 6) is -0.556. The second-order valence-corrected chi connectivity index (χ2v) is 5.28. The van der Waals surface area contributed by atoms with Crippen molar-refractivity contribution in [3.05, 3.63) is 35.4 Å². The van der Waals surface area contributed by atoms with Crippen molar-refractivity contribution in [2.45, 2.75) is 44.4 Å². The van der Waals surface area contributed by atoms with Gasteiger partial charge in [0.2, 0.25) is 11.8 Å². The predicted molar refractivity (Wildman–Crippen MR) is 76.2 cm³/mol. The van der Waals surface area contributed by atoms with Gasteiger partial charge in [0.05, 0.1) is 5.92 Å². The summed E-state index contributed by atoms with van der Waals surface area (Å²) in [4.78, 5) is 22.9. The standard InChI is InChI=1S/C16H21NO3/c18-11-3-1-2-4-12-5-7-13(8-6-12)14-9-10-15(19)17-16(14)20/h5-8,14,18H,1-4,9-11H2,(H,17,19,20). The molecule has 0 aromatic heterocycles. The van der Waals surface area contributed by atoms with E-state index in [0.29, 0.717) is 12.8 Å². The molecule has 2 amide bonds. The summed E-state index contributed by atoms with van der Waals surface area (Å²) >= 11 is 0. The van der Waals surface area contributed by atoms with E-state index in [1.165, 1.54) is 5.56 Å². The number of hydrogen-bond acceptors (Lipinski definition) is 3. The van der Waals surface area contributed by atoms with Crippen molar-refractivity contribution in [2.24, 2.45) is 0 Å². The van der Waals surface area contributed by atoms with Crippen molar-refractivity contribution >= 4 is 11.8 Å². The molecule has 0 aliphatic carbocycles.